The second-order valence-corrected chi connectivity index (χ2v) is 11.5. The molecule has 0 saturated heterocycles. The molecule has 51 heavy (non-hydrogen) atoms. The van der Waals surface area contributed by atoms with Gasteiger partial charge in [0.25, 0.3) is 0 Å². The average molecular weight is 727 g/mol. The number of amides is 2. The standard InChI is InChI=1S/2C16H14F2NO.2C5H5.Ti/c2*1-9-6-10(2)15(11(3)7-9)16(20)19-14-5-4-12(17)8-13(14)18;2*1-2-4-5-3-1;/h2*4-7H,1-3H3,(H,19,20);2*1-3H,4H2;/q4*-1;+4. The molecule has 0 saturated carbocycles. The smallest absolute Gasteiger partial charge is 0.373 e. The number of allylic oxidation sites excluding steroid dienone is 8. The van der Waals surface area contributed by atoms with E-state index in [4.69, 9.17) is 0 Å². The molecule has 2 amide bonds. The molecule has 0 spiro atoms. The van der Waals surface area contributed by atoms with Gasteiger partial charge in [-0.15, -0.1) is 49.2 Å². The van der Waals surface area contributed by atoms with Crippen LogP contribution in [0.4, 0.5) is 28.9 Å². The van der Waals surface area contributed by atoms with Gasteiger partial charge >= 0.3 is 21.7 Å². The molecule has 0 aromatic heterocycles. The fourth-order valence-electron chi connectivity index (χ4n) is 5.21. The van der Waals surface area contributed by atoms with Crippen molar-refractivity contribution >= 4 is 23.2 Å². The van der Waals surface area contributed by atoms with Crippen LogP contribution >= 0.6 is 0 Å². The summed E-state index contributed by atoms with van der Waals surface area (Å²) in [5.41, 5.74) is 6.18. The first-order valence-corrected chi connectivity index (χ1v) is 15.7. The predicted molar refractivity (Wildman–Crippen MR) is 191 cm³/mol. The van der Waals surface area contributed by atoms with Crippen molar-refractivity contribution in [3.8, 4) is 0 Å². The SMILES string of the molecule is Cc1cc(C)c(C(=O)Nc2ccc(F)[c-]c2F)c(C)c1.Cc1cc(C)c(C(=O)Nc2ccc(F)[c-]c2F)c(C)c1.[C-]1=CC=CC1.[C-]1=CC=CC1.[Ti+4]. The number of hydrogen-bond acceptors (Lipinski definition) is 2. The summed E-state index contributed by atoms with van der Waals surface area (Å²) in [6.45, 7) is 11.2. The molecule has 4 nitrogen and oxygen atoms in total. The van der Waals surface area contributed by atoms with Crippen LogP contribution in [0.25, 0.3) is 0 Å². The number of carbonyl (C=O) groups excluding carboxylic acids is 2. The van der Waals surface area contributed by atoms with Crippen molar-refractivity contribution in [3.05, 3.63) is 177 Å². The molecule has 260 valence electrons. The molecule has 0 bridgehead atoms. The Morgan fingerprint density at radius 1 is 0.569 bits per heavy atom. The van der Waals surface area contributed by atoms with Crippen molar-refractivity contribution in [1.82, 2.24) is 0 Å². The Balaban J connectivity index is 0.000000273. The van der Waals surface area contributed by atoms with Gasteiger partial charge in [-0.3, -0.25) is 21.7 Å². The Bertz CT molecular complexity index is 1760. The van der Waals surface area contributed by atoms with E-state index in [0.717, 1.165) is 58.4 Å². The fourth-order valence-corrected chi connectivity index (χ4v) is 5.21. The molecule has 0 atom stereocenters. The Hall–Kier alpha value is -4.79. The van der Waals surface area contributed by atoms with Crippen LogP contribution in [0.2, 0.25) is 0 Å². The number of nitrogens with one attached hydrogen (secondary N) is 2. The first kappa shape index (κ1) is 42.4. The zero-order chi connectivity index (χ0) is 36.8. The summed E-state index contributed by atoms with van der Waals surface area (Å²) in [7, 11) is 0. The molecule has 2 aliphatic rings. The van der Waals surface area contributed by atoms with Gasteiger partial charge in [0.05, 0.1) is 0 Å². The summed E-state index contributed by atoms with van der Waals surface area (Å²) in [6.07, 6.45) is 20.0. The quantitative estimate of drug-likeness (QED) is 0.125. The van der Waals surface area contributed by atoms with E-state index >= 15 is 0 Å². The molecule has 9 heteroatoms. The van der Waals surface area contributed by atoms with Crippen LogP contribution in [0.1, 0.15) is 66.9 Å². The van der Waals surface area contributed by atoms with E-state index in [2.05, 4.69) is 34.9 Å². The van der Waals surface area contributed by atoms with E-state index in [-0.39, 0.29) is 33.1 Å². The minimum absolute atomic E-state index is 0. The number of aryl methyl sites for hydroxylation is 6. The molecular formula is C42H38F4N2O2Ti. The van der Waals surface area contributed by atoms with Gasteiger partial charge in [0.2, 0.25) is 11.8 Å². The summed E-state index contributed by atoms with van der Waals surface area (Å²) in [5.74, 6) is -4.27. The normalized spacial score (nSPS) is 11.6. The van der Waals surface area contributed by atoms with Gasteiger partial charge in [-0.1, -0.05) is 35.4 Å². The van der Waals surface area contributed by atoms with Crippen LogP contribution in [-0.2, 0) is 21.7 Å². The zero-order valence-electron chi connectivity index (χ0n) is 29.3. The topological polar surface area (TPSA) is 58.2 Å². The number of hydrogen-bond donors (Lipinski definition) is 2. The van der Waals surface area contributed by atoms with E-state index in [1.165, 1.54) is 12.1 Å². The molecule has 0 radical (unpaired) electrons. The number of halogens is 4. The largest absolute Gasteiger partial charge is 4.00 e. The van der Waals surface area contributed by atoms with Crippen LogP contribution < -0.4 is 10.6 Å². The van der Waals surface area contributed by atoms with Crippen molar-refractivity contribution in [2.75, 3.05) is 10.6 Å². The van der Waals surface area contributed by atoms with Crippen molar-refractivity contribution in [2.45, 2.75) is 54.4 Å². The van der Waals surface area contributed by atoms with Gasteiger partial charge in [-0.2, -0.15) is 12.2 Å². The number of benzene rings is 4. The van der Waals surface area contributed by atoms with E-state index in [0.29, 0.717) is 11.1 Å². The van der Waals surface area contributed by atoms with Gasteiger partial charge in [0.1, 0.15) is 0 Å². The average Bonchev–Trinajstić information content (AvgIpc) is 3.80. The molecule has 0 aliphatic heterocycles. The molecule has 2 aliphatic carbocycles. The van der Waals surface area contributed by atoms with Crippen molar-refractivity contribution in [3.63, 3.8) is 0 Å². The maximum Gasteiger partial charge on any atom is 4.00 e. The first-order chi connectivity index (χ1) is 23.8. The van der Waals surface area contributed by atoms with Gasteiger partial charge in [0.15, 0.2) is 0 Å². The molecule has 4 aromatic carbocycles. The van der Waals surface area contributed by atoms with Crippen LogP contribution in [-0.4, -0.2) is 11.8 Å². The second kappa shape index (κ2) is 20.8. The number of rotatable bonds is 4. The Morgan fingerprint density at radius 3 is 1.14 bits per heavy atom. The van der Waals surface area contributed by atoms with Crippen molar-refractivity contribution in [1.29, 1.82) is 0 Å². The maximum atomic E-state index is 13.5. The Kier molecular flexibility index (Phi) is 17.3. The van der Waals surface area contributed by atoms with E-state index in [9.17, 15) is 27.2 Å². The fraction of sp³-hybridized carbons (Fsp3) is 0.190. The molecule has 4 aromatic rings. The third-order valence-electron chi connectivity index (χ3n) is 7.20. The first-order valence-electron chi connectivity index (χ1n) is 15.7. The number of carbonyl (C=O) groups is 2. The summed E-state index contributed by atoms with van der Waals surface area (Å²) < 4.78 is 52.5. The van der Waals surface area contributed by atoms with Crippen LogP contribution in [0.15, 0.2) is 85.0 Å². The summed E-state index contributed by atoms with van der Waals surface area (Å²) in [4.78, 5) is 24.4. The molecule has 2 N–H and O–H groups in total. The Morgan fingerprint density at radius 2 is 0.902 bits per heavy atom. The summed E-state index contributed by atoms with van der Waals surface area (Å²) >= 11 is 0. The van der Waals surface area contributed by atoms with Crippen molar-refractivity contribution in [2.24, 2.45) is 0 Å². The summed E-state index contributed by atoms with van der Waals surface area (Å²) in [5, 5.41) is 4.89. The van der Waals surface area contributed by atoms with Crippen molar-refractivity contribution < 1.29 is 48.9 Å². The van der Waals surface area contributed by atoms with Gasteiger partial charge in [-0.25, -0.2) is 41.9 Å². The number of anilines is 2. The maximum absolute atomic E-state index is 13.5. The van der Waals surface area contributed by atoms with E-state index in [1.807, 2.05) is 102 Å². The predicted octanol–water partition coefficient (Wildman–Crippen LogP) is 10.5. The minimum Gasteiger partial charge on any atom is -0.373 e. The van der Waals surface area contributed by atoms with Gasteiger partial charge in [0, 0.05) is 34.4 Å². The Labute approximate surface area is 313 Å². The van der Waals surface area contributed by atoms with E-state index in [1.54, 1.807) is 0 Å². The molecule has 0 unspecified atom stereocenters. The molecular weight excluding hydrogens is 688 g/mol. The van der Waals surface area contributed by atoms with Crippen LogP contribution in [0, 0.1) is 89.1 Å². The zero-order valence-corrected chi connectivity index (χ0v) is 30.9. The summed E-state index contributed by atoms with van der Waals surface area (Å²) in [6, 6.07) is 15.8. The monoisotopic (exact) mass is 726 g/mol. The van der Waals surface area contributed by atoms with Crippen LogP contribution in [0.5, 0.6) is 0 Å². The molecule has 0 fully saturated rings. The van der Waals surface area contributed by atoms with Gasteiger partial charge in [-0.05, 0) is 75.2 Å². The third kappa shape index (κ3) is 13.5. The second-order valence-electron chi connectivity index (χ2n) is 11.5. The van der Waals surface area contributed by atoms with Crippen LogP contribution in [0.3, 0.4) is 0 Å². The van der Waals surface area contributed by atoms with Gasteiger partial charge < -0.3 is 10.6 Å². The van der Waals surface area contributed by atoms with E-state index < -0.39 is 35.1 Å². The third-order valence-corrected chi connectivity index (χ3v) is 7.20. The molecule has 6 rings (SSSR count). The molecule has 0 heterocycles. The minimum atomic E-state index is -0.916.